The molecule has 0 aliphatic rings. The molecule has 0 aromatic carbocycles. The van der Waals surface area contributed by atoms with Gasteiger partial charge in [0, 0.05) is 12.8 Å². The fraction of sp³-hybridized carbons (Fsp3) is 0.860. The maximum absolute atomic E-state index is 12.4. The van der Waals surface area contributed by atoms with Crippen molar-refractivity contribution in [3.05, 3.63) is 24.3 Å². The standard InChI is InChI=1S/C43H81O8P/c1-3-5-7-9-11-13-15-17-19-21-23-25-27-29-31-33-35-37-42(44)49-39-41(40-50-52(46,47)48)51-43(45)38-36-34-32-30-28-26-24-22-20-18-16-14-12-10-8-6-4-2/h17-20,41H,3-16,21-40H2,1-2H3,(H2,46,47,48)/b19-17-,20-18-. The first-order valence-electron chi connectivity index (χ1n) is 21.6. The monoisotopic (exact) mass is 757 g/mol. The van der Waals surface area contributed by atoms with E-state index < -0.39 is 32.5 Å². The van der Waals surface area contributed by atoms with Crippen molar-refractivity contribution in [3.63, 3.8) is 0 Å². The molecule has 1 unspecified atom stereocenters. The van der Waals surface area contributed by atoms with E-state index in [4.69, 9.17) is 19.3 Å². The minimum Gasteiger partial charge on any atom is -0.462 e. The third kappa shape index (κ3) is 41.3. The molecule has 0 rings (SSSR count). The van der Waals surface area contributed by atoms with Gasteiger partial charge in [-0.3, -0.25) is 14.1 Å². The second kappa shape index (κ2) is 39.2. The lowest BCUT2D eigenvalue weighted by Crippen LogP contribution is -2.29. The predicted octanol–water partition coefficient (Wildman–Crippen LogP) is 13.2. The Morgan fingerprint density at radius 1 is 0.481 bits per heavy atom. The molecule has 306 valence electrons. The van der Waals surface area contributed by atoms with Crippen molar-refractivity contribution in [1.82, 2.24) is 0 Å². The summed E-state index contributed by atoms with van der Waals surface area (Å²) in [5.41, 5.74) is 0. The maximum Gasteiger partial charge on any atom is 0.469 e. The van der Waals surface area contributed by atoms with Crippen LogP contribution in [0, 0.1) is 0 Å². The summed E-state index contributed by atoms with van der Waals surface area (Å²) in [6.45, 7) is 3.69. The van der Waals surface area contributed by atoms with Crippen LogP contribution in [0.4, 0.5) is 0 Å². The van der Waals surface area contributed by atoms with Crippen LogP contribution in [-0.4, -0.2) is 41.0 Å². The lowest BCUT2D eigenvalue weighted by Gasteiger charge is -2.18. The second-order valence-electron chi connectivity index (χ2n) is 14.7. The van der Waals surface area contributed by atoms with Crippen LogP contribution in [0.1, 0.15) is 219 Å². The first-order valence-corrected chi connectivity index (χ1v) is 23.2. The smallest absolute Gasteiger partial charge is 0.462 e. The third-order valence-corrected chi connectivity index (χ3v) is 9.93. The Labute approximate surface area is 319 Å². The Bertz CT molecular complexity index is 900. The molecule has 0 saturated heterocycles. The highest BCUT2D eigenvalue weighted by molar-refractivity contribution is 7.46. The number of ether oxygens (including phenoxy) is 2. The van der Waals surface area contributed by atoms with Crippen LogP contribution >= 0.6 is 7.82 Å². The minimum atomic E-state index is -4.75. The van der Waals surface area contributed by atoms with Crippen LogP contribution in [-0.2, 0) is 28.2 Å². The number of allylic oxidation sites excluding steroid dienone is 4. The number of phosphoric ester groups is 1. The molecule has 0 heterocycles. The number of hydrogen-bond acceptors (Lipinski definition) is 6. The van der Waals surface area contributed by atoms with Gasteiger partial charge in [-0.15, -0.1) is 0 Å². The average Bonchev–Trinajstić information content (AvgIpc) is 3.11. The molecule has 0 bridgehead atoms. The van der Waals surface area contributed by atoms with Gasteiger partial charge < -0.3 is 19.3 Å². The summed E-state index contributed by atoms with van der Waals surface area (Å²) in [5, 5.41) is 0. The molecule has 0 fully saturated rings. The van der Waals surface area contributed by atoms with E-state index in [1.54, 1.807) is 0 Å². The molecule has 0 aromatic heterocycles. The van der Waals surface area contributed by atoms with Crippen molar-refractivity contribution in [1.29, 1.82) is 0 Å². The zero-order valence-electron chi connectivity index (χ0n) is 33.7. The summed E-state index contributed by atoms with van der Waals surface area (Å²) < 4.78 is 26.4. The summed E-state index contributed by atoms with van der Waals surface area (Å²) in [6.07, 6.45) is 44.7. The highest BCUT2D eigenvalue weighted by atomic mass is 31.2. The van der Waals surface area contributed by atoms with Gasteiger partial charge in [-0.25, -0.2) is 4.57 Å². The van der Waals surface area contributed by atoms with Gasteiger partial charge in [0.05, 0.1) is 6.61 Å². The molecule has 52 heavy (non-hydrogen) atoms. The van der Waals surface area contributed by atoms with E-state index in [9.17, 15) is 14.2 Å². The van der Waals surface area contributed by atoms with Crippen molar-refractivity contribution in [2.45, 2.75) is 225 Å². The lowest BCUT2D eigenvalue weighted by molar-refractivity contribution is -0.161. The Morgan fingerprint density at radius 3 is 1.17 bits per heavy atom. The zero-order chi connectivity index (χ0) is 38.2. The molecule has 8 nitrogen and oxygen atoms in total. The quantitative estimate of drug-likeness (QED) is 0.0274. The van der Waals surface area contributed by atoms with Gasteiger partial charge in [0.15, 0.2) is 6.10 Å². The molecule has 0 aromatic rings. The molecule has 0 amide bonds. The Kier molecular flexibility index (Phi) is 38.1. The van der Waals surface area contributed by atoms with E-state index in [1.165, 1.54) is 128 Å². The SMILES string of the molecule is CCCCCCCC/C=C\CCCCCCCCCC(=O)OCC(COP(=O)(O)O)OC(=O)CCCCCCCCC/C=C\CCCCCCCC. The normalized spacial score (nSPS) is 12.6. The van der Waals surface area contributed by atoms with Crippen molar-refractivity contribution >= 4 is 19.8 Å². The summed E-state index contributed by atoms with van der Waals surface area (Å²) in [5.74, 6) is -0.888. The Hall–Kier alpha value is -1.47. The largest absolute Gasteiger partial charge is 0.469 e. The first-order chi connectivity index (χ1) is 25.3. The Morgan fingerprint density at radius 2 is 0.808 bits per heavy atom. The minimum absolute atomic E-state index is 0.208. The van der Waals surface area contributed by atoms with E-state index in [1.807, 2.05) is 0 Å². The van der Waals surface area contributed by atoms with Crippen LogP contribution in [0.3, 0.4) is 0 Å². The van der Waals surface area contributed by atoms with Crippen LogP contribution in [0.5, 0.6) is 0 Å². The third-order valence-electron chi connectivity index (χ3n) is 9.44. The summed E-state index contributed by atoms with van der Waals surface area (Å²) >= 11 is 0. The van der Waals surface area contributed by atoms with Crippen LogP contribution in [0.25, 0.3) is 0 Å². The van der Waals surface area contributed by atoms with E-state index in [-0.39, 0.29) is 19.4 Å². The number of unbranched alkanes of at least 4 members (excludes halogenated alkanes) is 26. The predicted molar refractivity (Wildman–Crippen MR) is 216 cm³/mol. The number of carbonyl (C=O) groups excluding carboxylic acids is 2. The van der Waals surface area contributed by atoms with E-state index in [0.717, 1.165) is 57.8 Å². The molecule has 0 aliphatic carbocycles. The van der Waals surface area contributed by atoms with Crippen LogP contribution < -0.4 is 0 Å². The van der Waals surface area contributed by atoms with Crippen molar-refractivity contribution < 1.29 is 37.9 Å². The van der Waals surface area contributed by atoms with E-state index in [0.29, 0.717) is 6.42 Å². The molecular weight excluding hydrogens is 675 g/mol. The van der Waals surface area contributed by atoms with Gasteiger partial charge in [0.25, 0.3) is 0 Å². The molecule has 0 saturated carbocycles. The summed E-state index contributed by atoms with van der Waals surface area (Å²) in [4.78, 5) is 42.9. The number of carbonyl (C=O) groups is 2. The van der Waals surface area contributed by atoms with E-state index in [2.05, 4.69) is 42.7 Å². The Balaban J connectivity index is 3.90. The highest BCUT2D eigenvalue weighted by Crippen LogP contribution is 2.36. The highest BCUT2D eigenvalue weighted by Gasteiger charge is 2.22. The van der Waals surface area contributed by atoms with Gasteiger partial charge in [0.2, 0.25) is 0 Å². The lowest BCUT2D eigenvalue weighted by atomic mass is 10.1. The van der Waals surface area contributed by atoms with Crippen molar-refractivity contribution in [2.75, 3.05) is 13.2 Å². The number of rotatable bonds is 40. The van der Waals surface area contributed by atoms with Gasteiger partial charge in [-0.1, -0.05) is 167 Å². The molecular formula is C43H81O8P. The van der Waals surface area contributed by atoms with Gasteiger partial charge in [-0.2, -0.15) is 0 Å². The molecule has 0 spiro atoms. The second-order valence-corrected chi connectivity index (χ2v) is 15.9. The fourth-order valence-corrected chi connectivity index (χ4v) is 6.55. The first kappa shape index (κ1) is 50.5. The number of hydrogen-bond donors (Lipinski definition) is 2. The zero-order valence-corrected chi connectivity index (χ0v) is 34.6. The summed E-state index contributed by atoms with van der Waals surface area (Å²) in [7, 11) is -4.75. The van der Waals surface area contributed by atoms with Crippen LogP contribution in [0.2, 0.25) is 0 Å². The molecule has 1 atom stereocenters. The number of phosphoric acid groups is 1. The molecule has 9 heteroatoms. The van der Waals surface area contributed by atoms with Crippen molar-refractivity contribution in [2.24, 2.45) is 0 Å². The average molecular weight is 757 g/mol. The van der Waals surface area contributed by atoms with E-state index >= 15 is 0 Å². The number of esters is 2. The van der Waals surface area contributed by atoms with Gasteiger partial charge in [-0.05, 0) is 64.2 Å². The van der Waals surface area contributed by atoms with Gasteiger partial charge >= 0.3 is 19.8 Å². The topological polar surface area (TPSA) is 119 Å². The molecule has 2 N–H and O–H groups in total. The van der Waals surface area contributed by atoms with Crippen LogP contribution in [0.15, 0.2) is 24.3 Å². The summed E-state index contributed by atoms with van der Waals surface area (Å²) in [6, 6.07) is 0. The molecule has 0 radical (unpaired) electrons. The maximum atomic E-state index is 12.4. The van der Waals surface area contributed by atoms with Gasteiger partial charge in [0.1, 0.15) is 6.61 Å². The fourth-order valence-electron chi connectivity index (χ4n) is 6.19. The molecule has 0 aliphatic heterocycles. The van der Waals surface area contributed by atoms with Crippen molar-refractivity contribution in [3.8, 4) is 0 Å².